The van der Waals surface area contributed by atoms with Crippen LogP contribution in [-0.2, 0) is 21.8 Å². The first kappa shape index (κ1) is 25.7. The maximum atomic E-state index is 12.8. The number of methoxy groups -OCH3 is 3. The van der Waals surface area contributed by atoms with Crippen molar-refractivity contribution < 1.29 is 23.7 Å². The van der Waals surface area contributed by atoms with E-state index in [1.54, 1.807) is 32.8 Å². The monoisotopic (exact) mass is 528 g/mol. The highest BCUT2D eigenvalue weighted by molar-refractivity contribution is 7.98. The molecule has 0 radical (unpaired) electrons. The fourth-order valence-corrected chi connectivity index (χ4v) is 4.70. The van der Waals surface area contributed by atoms with Gasteiger partial charge in [-0.1, -0.05) is 17.7 Å². The van der Waals surface area contributed by atoms with E-state index in [4.69, 9.17) is 35.6 Å². The molecule has 0 aliphatic heterocycles. The number of carbonyl (C=O) groups excluding carboxylic acids is 1. The number of halogens is 1. The highest BCUT2D eigenvalue weighted by Crippen LogP contribution is 2.36. The molecule has 4 rings (SSSR count). The van der Waals surface area contributed by atoms with E-state index in [0.29, 0.717) is 39.3 Å². The molecule has 0 aliphatic carbocycles. The molecule has 0 saturated carbocycles. The van der Waals surface area contributed by atoms with E-state index in [2.05, 4.69) is 10.2 Å². The first-order valence-electron chi connectivity index (χ1n) is 11.0. The number of hydrogen-bond donors (Lipinski definition) is 0. The van der Waals surface area contributed by atoms with Gasteiger partial charge in [-0.3, -0.25) is 0 Å². The molecule has 9 nitrogen and oxygen atoms in total. The van der Waals surface area contributed by atoms with Gasteiger partial charge in [0.1, 0.15) is 0 Å². The van der Waals surface area contributed by atoms with Crippen LogP contribution in [0.3, 0.4) is 0 Å². The maximum Gasteiger partial charge on any atom is 0.360 e. The molecule has 188 valence electrons. The minimum Gasteiger partial charge on any atom is -0.493 e. The van der Waals surface area contributed by atoms with Crippen LogP contribution in [0, 0.1) is 0 Å². The van der Waals surface area contributed by atoms with Gasteiger partial charge < -0.3 is 18.9 Å². The van der Waals surface area contributed by atoms with Crippen LogP contribution >= 0.6 is 23.4 Å². The Morgan fingerprint density at radius 2 is 1.78 bits per heavy atom. The van der Waals surface area contributed by atoms with Crippen LogP contribution in [0.2, 0.25) is 5.02 Å². The minimum atomic E-state index is -0.560. The summed E-state index contributed by atoms with van der Waals surface area (Å²) >= 11 is 7.54. The molecule has 0 fully saturated rings. The van der Waals surface area contributed by atoms with Crippen molar-refractivity contribution in [2.75, 3.05) is 27.9 Å². The van der Waals surface area contributed by atoms with Crippen molar-refractivity contribution in [1.82, 2.24) is 19.8 Å². The normalized spacial score (nSPS) is 11.0. The summed E-state index contributed by atoms with van der Waals surface area (Å²) < 4.78 is 23.2. The summed E-state index contributed by atoms with van der Waals surface area (Å²) in [5.74, 6) is 0.991. The molecule has 36 heavy (non-hydrogen) atoms. The van der Waals surface area contributed by atoms with Crippen molar-refractivity contribution in [1.29, 1.82) is 0 Å². The minimum absolute atomic E-state index is 0.108. The molecule has 2 heterocycles. The SMILES string of the molecule is CCOC(=O)c1nnc2c(-c3ccc(OC)c(OC)c3)c(COC)nn2c1CSc1ccc(Cl)cc1. The average molecular weight is 529 g/mol. The average Bonchev–Trinajstić information content (AvgIpc) is 3.26. The Hall–Kier alpha value is -3.34. The Morgan fingerprint density at radius 1 is 1.03 bits per heavy atom. The fraction of sp³-hybridized carbons (Fsp3) is 0.280. The van der Waals surface area contributed by atoms with Gasteiger partial charge in [-0.15, -0.1) is 22.0 Å². The van der Waals surface area contributed by atoms with Crippen LogP contribution in [0.4, 0.5) is 0 Å². The molecule has 0 spiro atoms. The van der Waals surface area contributed by atoms with Crippen molar-refractivity contribution in [2.24, 2.45) is 0 Å². The molecule has 2 aromatic carbocycles. The van der Waals surface area contributed by atoms with Crippen molar-refractivity contribution in [3.63, 3.8) is 0 Å². The smallest absolute Gasteiger partial charge is 0.360 e. The highest BCUT2D eigenvalue weighted by atomic mass is 35.5. The number of ether oxygens (including phenoxy) is 4. The third-order valence-corrected chi connectivity index (χ3v) is 6.59. The zero-order chi connectivity index (χ0) is 25.7. The lowest BCUT2D eigenvalue weighted by Crippen LogP contribution is -2.16. The number of thioether (sulfide) groups is 1. The summed E-state index contributed by atoms with van der Waals surface area (Å²) in [6, 6.07) is 13.0. The third kappa shape index (κ3) is 5.25. The first-order valence-corrected chi connectivity index (χ1v) is 12.4. The second-order valence-corrected chi connectivity index (χ2v) is 9.00. The van der Waals surface area contributed by atoms with Crippen LogP contribution in [0.25, 0.3) is 16.8 Å². The van der Waals surface area contributed by atoms with Gasteiger partial charge in [-0.25, -0.2) is 9.31 Å². The zero-order valence-electron chi connectivity index (χ0n) is 20.3. The predicted octanol–water partition coefficient (Wildman–Crippen LogP) is 5.08. The molecule has 11 heteroatoms. The van der Waals surface area contributed by atoms with Crippen LogP contribution in [0.15, 0.2) is 47.4 Å². The van der Waals surface area contributed by atoms with Gasteiger partial charge in [-0.2, -0.15) is 5.10 Å². The fourth-order valence-electron chi connectivity index (χ4n) is 3.68. The van der Waals surface area contributed by atoms with E-state index in [1.807, 2.05) is 42.5 Å². The predicted molar refractivity (Wildman–Crippen MR) is 137 cm³/mol. The molecular weight excluding hydrogens is 504 g/mol. The molecule has 0 atom stereocenters. The second-order valence-electron chi connectivity index (χ2n) is 7.52. The summed E-state index contributed by atoms with van der Waals surface area (Å²) in [4.78, 5) is 13.7. The highest BCUT2D eigenvalue weighted by Gasteiger charge is 2.25. The Bertz CT molecular complexity index is 1380. The number of esters is 1. The molecule has 4 aromatic rings. The number of hydrogen-bond acceptors (Lipinski definition) is 9. The zero-order valence-corrected chi connectivity index (χ0v) is 21.9. The van der Waals surface area contributed by atoms with Gasteiger partial charge in [0, 0.05) is 22.8 Å². The number of rotatable bonds is 10. The molecule has 0 N–H and O–H groups in total. The van der Waals surface area contributed by atoms with Crippen molar-refractivity contribution in [3.05, 3.63) is 64.6 Å². The van der Waals surface area contributed by atoms with E-state index in [-0.39, 0.29) is 18.9 Å². The molecule has 0 bridgehead atoms. The topological polar surface area (TPSA) is 97.1 Å². The van der Waals surface area contributed by atoms with Gasteiger partial charge in [0.25, 0.3) is 0 Å². The van der Waals surface area contributed by atoms with E-state index in [9.17, 15) is 4.79 Å². The van der Waals surface area contributed by atoms with Crippen LogP contribution < -0.4 is 9.47 Å². The van der Waals surface area contributed by atoms with Crippen molar-refractivity contribution >= 4 is 35.0 Å². The molecule has 2 aromatic heterocycles. The van der Waals surface area contributed by atoms with Gasteiger partial charge in [0.2, 0.25) is 0 Å². The van der Waals surface area contributed by atoms with Crippen LogP contribution in [0.5, 0.6) is 11.5 Å². The maximum absolute atomic E-state index is 12.8. The number of aromatic nitrogens is 4. The Kier molecular flexibility index (Phi) is 8.29. The van der Waals surface area contributed by atoms with Gasteiger partial charge in [0.05, 0.1) is 44.4 Å². The van der Waals surface area contributed by atoms with E-state index < -0.39 is 5.97 Å². The lowest BCUT2D eigenvalue weighted by Gasteiger charge is -2.11. The molecule has 0 unspecified atom stereocenters. The number of carbonyl (C=O) groups is 1. The summed E-state index contributed by atoms with van der Waals surface area (Å²) in [7, 11) is 4.75. The van der Waals surface area contributed by atoms with Gasteiger partial charge in [-0.05, 0) is 48.9 Å². The third-order valence-electron chi connectivity index (χ3n) is 5.32. The van der Waals surface area contributed by atoms with E-state index in [0.717, 1.165) is 16.0 Å². The lowest BCUT2D eigenvalue weighted by molar-refractivity contribution is 0.0516. The Morgan fingerprint density at radius 3 is 2.44 bits per heavy atom. The summed E-state index contributed by atoms with van der Waals surface area (Å²) in [6.07, 6.45) is 0. The second kappa shape index (κ2) is 11.6. The largest absolute Gasteiger partial charge is 0.493 e. The molecule has 0 aliphatic rings. The van der Waals surface area contributed by atoms with Crippen LogP contribution in [0.1, 0.15) is 28.8 Å². The summed E-state index contributed by atoms with van der Waals surface area (Å²) in [5.41, 5.74) is 3.30. The first-order chi connectivity index (χ1) is 17.5. The molecule has 0 amide bonds. The Balaban J connectivity index is 1.88. The van der Waals surface area contributed by atoms with Crippen LogP contribution in [-0.4, -0.2) is 53.7 Å². The van der Waals surface area contributed by atoms with Crippen molar-refractivity contribution in [3.8, 4) is 22.6 Å². The van der Waals surface area contributed by atoms with E-state index in [1.165, 1.54) is 11.8 Å². The summed E-state index contributed by atoms with van der Waals surface area (Å²) in [6.45, 7) is 2.19. The van der Waals surface area contributed by atoms with E-state index >= 15 is 0 Å². The van der Waals surface area contributed by atoms with Gasteiger partial charge in [0.15, 0.2) is 22.8 Å². The molecule has 0 saturated heterocycles. The summed E-state index contributed by atoms with van der Waals surface area (Å²) in [5, 5.41) is 14.1. The lowest BCUT2D eigenvalue weighted by atomic mass is 10.1. The van der Waals surface area contributed by atoms with Gasteiger partial charge >= 0.3 is 5.97 Å². The number of benzene rings is 2. The Labute approximate surface area is 217 Å². The number of fused-ring (bicyclic) bond motifs is 1. The van der Waals surface area contributed by atoms with Crippen molar-refractivity contribution in [2.45, 2.75) is 24.2 Å². The standard InChI is InChI=1S/C25H25ClN4O5S/c1-5-35-25(31)23-19(14-36-17-9-7-16(26)8-10-17)30-24(28-27-23)22(18(29-30)13-32-2)15-6-11-20(33-3)21(12-15)34-4/h6-12H,5,13-14H2,1-4H3. The quantitative estimate of drug-likeness (QED) is 0.206. The number of nitrogens with zero attached hydrogens (tertiary/aromatic N) is 4. The molecular formula is C25H25ClN4O5S.